The van der Waals surface area contributed by atoms with Crippen molar-refractivity contribution in [2.24, 2.45) is 0 Å². The molecule has 3 rings (SSSR count). The summed E-state index contributed by atoms with van der Waals surface area (Å²) in [4.78, 5) is 2.09. The van der Waals surface area contributed by atoms with Crippen molar-refractivity contribution >= 4 is 16.5 Å². The lowest BCUT2D eigenvalue weighted by Gasteiger charge is -2.27. The van der Waals surface area contributed by atoms with E-state index >= 15 is 0 Å². The highest BCUT2D eigenvalue weighted by Crippen LogP contribution is 2.34. The molecule has 4 heteroatoms. The Morgan fingerprint density at radius 2 is 1.72 bits per heavy atom. The van der Waals surface area contributed by atoms with Crippen LogP contribution in [0.15, 0.2) is 54.6 Å². The van der Waals surface area contributed by atoms with Gasteiger partial charge in [-0.15, -0.1) is 0 Å². The van der Waals surface area contributed by atoms with E-state index in [9.17, 15) is 5.26 Å². The largest absolute Gasteiger partial charge is 0.486 e. The molecule has 0 amide bonds. The Morgan fingerprint density at radius 3 is 2.41 bits per heavy atom. The lowest BCUT2D eigenvalue weighted by atomic mass is 9.96. The van der Waals surface area contributed by atoms with E-state index in [-0.39, 0.29) is 0 Å². The summed E-state index contributed by atoms with van der Waals surface area (Å²) in [6.45, 7) is 4.63. The second-order valence-electron chi connectivity index (χ2n) is 8.04. The monoisotopic (exact) mass is 388 g/mol. The number of rotatable bonds is 7. The Morgan fingerprint density at radius 1 is 1.00 bits per heavy atom. The van der Waals surface area contributed by atoms with Crippen LogP contribution in [0.1, 0.15) is 25.8 Å². The zero-order valence-electron chi connectivity index (χ0n) is 17.8. The molecule has 0 aliphatic rings. The highest BCUT2D eigenvalue weighted by Gasteiger charge is 2.22. The number of fused-ring (bicyclic) bond motifs is 1. The van der Waals surface area contributed by atoms with E-state index in [1.807, 2.05) is 46.1 Å². The van der Waals surface area contributed by atoms with Gasteiger partial charge in [-0.1, -0.05) is 30.3 Å². The van der Waals surface area contributed by atoms with Gasteiger partial charge < -0.3 is 14.4 Å². The lowest BCUT2D eigenvalue weighted by Crippen LogP contribution is -2.30. The van der Waals surface area contributed by atoms with Crippen LogP contribution in [0.3, 0.4) is 0 Å². The van der Waals surface area contributed by atoms with E-state index in [0.29, 0.717) is 17.9 Å². The molecule has 0 aromatic heterocycles. The van der Waals surface area contributed by atoms with E-state index in [2.05, 4.69) is 47.4 Å². The van der Waals surface area contributed by atoms with E-state index in [1.54, 1.807) is 7.11 Å². The standard InChI is InChI=1S/C25H28N2O2/c1-25(2,13-14-28-5)29-24-8-6-7-22(23(24)17-26)20-10-9-19-16-21(27(3)4)12-11-18(19)15-20/h6-12,15-16H,13-14H2,1-5H3. The number of nitriles is 1. The number of benzene rings is 3. The smallest absolute Gasteiger partial charge is 0.138 e. The number of hydrogen-bond donors (Lipinski definition) is 0. The van der Waals surface area contributed by atoms with Crippen LogP contribution >= 0.6 is 0 Å². The summed E-state index contributed by atoms with van der Waals surface area (Å²) in [5.41, 5.74) is 3.18. The molecule has 0 bridgehead atoms. The number of methoxy groups -OCH3 is 1. The molecule has 0 saturated heterocycles. The maximum atomic E-state index is 9.88. The molecule has 0 aliphatic carbocycles. The highest BCUT2D eigenvalue weighted by atomic mass is 16.5. The summed E-state index contributed by atoms with van der Waals surface area (Å²) in [5, 5.41) is 12.2. The van der Waals surface area contributed by atoms with Crippen LogP contribution < -0.4 is 9.64 Å². The molecule has 0 N–H and O–H groups in total. The van der Waals surface area contributed by atoms with Crippen molar-refractivity contribution in [3.63, 3.8) is 0 Å². The molecule has 0 saturated carbocycles. The number of nitrogens with zero attached hydrogens (tertiary/aromatic N) is 2. The summed E-state index contributed by atoms with van der Waals surface area (Å²) in [6, 6.07) is 20.8. The first-order valence-electron chi connectivity index (χ1n) is 9.77. The summed E-state index contributed by atoms with van der Waals surface area (Å²) in [7, 11) is 5.75. The van der Waals surface area contributed by atoms with Crippen LogP contribution in [0.2, 0.25) is 0 Å². The van der Waals surface area contributed by atoms with Gasteiger partial charge in [0.05, 0.1) is 0 Å². The predicted molar refractivity (Wildman–Crippen MR) is 120 cm³/mol. The van der Waals surface area contributed by atoms with Crippen LogP contribution in [0.4, 0.5) is 5.69 Å². The molecule has 0 heterocycles. The third-order valence-electron chi connectivity index (χ3n) is 5.08. The normalized spacial score (nSPS) is 11.3. The van der Waals surface area contributed by atoms with E-state index < -0.39 is 5.60 Å². The van der Waals surface area contributed by atoms with Gasteiger partial charge in [0.25, 0.3) is 0 Å². The van der Waals surface area contributed by atoms with Crippen molar-refractivity contribution in [3.8, 4) is 22.9 Å². The summed E-state index contributed by atoms with van der Waals surface area (Å²) >= 11 is 0. The maximum absolute atomic E-state index is 9.88. The number of hydrogen-bond acceptors (Lipinski definition) is 4. The predicted octanol–water partition coefficient (Wildman–Crippen LogP) is 5.64. The van der Waals surface area contributed by atoms with Crippen molar-refractivity contribution in [1.29, 1.82) is 5.26 Å². The van der Waals surface area contributed by atoms with Crippen LogP contribution in [0.25, 0.3) is 21.9 Å². The van der Waals surface area contributed by atoms with Crippen molar-refractivity contribution in [2.75, 3.05) is 32.7 Å². The average molecular weight is 389 g/mol. The summed E-state index contributed by atoms with van der Waals surface area (Å²) in [6.07, 6.45) is 0.739. The highest BCUT2D eigenvalue weighted by molar-refractivity contribution is 5.90. The number of ether oxygens (including phenoxy) is 2. The van der Waals surface area contributed by atoms with Gasteiger partial charge in [0.15, 0.2) is 0 Å². The van der Waals surface area contributed by atoms with Gasteiger partial charge in [0.1, 0.15) is 23.0 Å². The van der Waals surface area contributed by atoms with Crippen molar-refractivity contribution < 1.29 is 9.47 Å². The molecule has 150 valence electrons. The molecular formula is C25H28N2O2. The molecule has 3 aromatic carbocycles. The van der Waals surface area contributed by atoms with Crippen molar-refractivity contribution in [1.82, 2.24) is 0 Å². The molecule has 0 atom stereocenters. The van der Waals surface area contributed by atoms with E-state index in [4.69, 9.17) is 9.47 Å². The summed E-state index contributed by atoms with van der Waals surface area (Å²) in [5.74, 6) is 0.606. The van der Waals surface area contributed by atoms with Crippen LogP contribution in [-0.4, -0.2) is 33.4 Å². The Kier molecular flexibility index (Phi) is 6.10. The van der Waals surface area contributed by atoms with Crippen LogP contribution in [0.5, 0.6) is 5.75 Å². The Balaban J connectivity index is 2.00. The zero-order chi connectivity index (χ0) is 21.0. The second-order valence-corrected chi connectivity index (χ2v) is 8.04. The first-order valence-corrected chi connectivity index (χ1v) is 9.77. The molecule has 0 fully saturated rings. The van der Waals surface area contributed by atoms with E-state index in [1.165, 1.54) is 5.39 Å². The fraction of sp³-hybridized carbons (Fsp3) is 0.320. The fourth-order valence-corrected chi connectivity index (χ4v) is 3.35. The minimum absolute atomic E-state index is 0.424. The van der Waals surface area contributed by atoms with Gasteiger partial charge in [-0.2, -0.15) is 5.26 Å². The first kappa shape index (κ1) is 20.7. The van der Waals surface area contributed by atoms with Crippen molar-refractivity contribution in [2.45, 2.75) is 25.9 Å². The Labute approximate surface area is 173 Å². The first-order chi connectivity index (χ1) is 13.8. The molecule has 0 unspecified atom stereocenters. The second kappa shape index (κ2) is 8.55. The van der Waals surface area contributed by atoms with Gasteiger partial charge in [0, 0.05) is 45.5 Å². The van der Waals surface area contributed by atoms with Gasteiger partial charge in [-0.05, 0) is 54.4 Å². The molecule has 0 aliphatic heterocycles. The third-order valence-corrected chi connectivity index (χ3v) is 5.08. The molecule has 0 spiro atoms. The van der Waals surface area contributed by atoms with Crippen molar-refractivity contribution in [3.05, 3.63) is 60.2 Å². The Bertz CT molecular complexity index is 1050. The average Bonchev–Trinajstić information content (AvgIpc) is 2.71. The Hall–Kier alpha value is -3.03. The van der Waals surface area contributed by atoms with Gasteiger partial charge in [-0.3, -0.25) is 0 Å². The molecular weight excluding hydrogens is 360 g/mol. The van der Waals surface area contributed by atoms with E-state index in [0.717, 1.165) is 28.6 Å². The third kappa shape index (κ3) is 4.70. The topological polar surface area (TPSA) is 45.5 Å². The zero-order valence-corrected chi connectivity index (χ0v) is 17.8. The van der Waals surface area contributed by atoms with Gasteiger partial charge >= 0.3 is 0 Å². The SMILES string of the molecule is COCCC(C)(C)Oc1cccc(-c2ccc3cc(N(C)C)ccc3c2)c1C#N. The maximum Gasteiger partial charge on any atom is 0.138 e. The summed E-state index contributed by atoms with van der Waals surface area (Å²) < 4.78 is 11.4. The van der Waals surface area contributed by atoms with Crippen LogP contribution in [0, 0.1) is 11.3 Å². The van der Waals surface area contributed by atoms with Gasteiger partial charge in [-0.25, -0.2) is 0 Å². The van der Waals surface area contributed by atoms with Crippen LogP contribution in [-0.2, 0) is 4.74 Å². The fourth-order valence-electron chi connectivity index (χ4n) is 3.35. The molecule has 0 radical (unpaired) electrons. The molecule has 4 nitrogen and oxygen atoms in total. The quantitative estimate of drug-likeness (QED) is 0.525. The van der Waals surface area contributed by atoms with Gasteiger partial charge in [0.2, 0.25) is 0 Å². The lowest BCUT2D eigenvalue weighted by molar-refractivity contribution is 0.0628. The number of anilines is 1. The molecule has 29 heavy (non-hydrogen) atoms. The minimum atomic E-state index is -0.424. The minimum Gasteiger partial charge on any atom is -0.486 e. The molecule has 3 aromatic rings.